The van der Waals surface area contributed by atoms with Crippen LogP contribution < -0.4 is 0 Å². The van der Waals surface area contributed by atoms with Crippen LogP contribution in [0.25, 0.3) is 11.0 Å². The molecule has 0 amide bonds. The van der Waals surface area contributed by atoms with E-state index in [1.807, 2.05) is 25.1 Å². The van der Waals surface area contributed by atoms with Crippen molar-refractivity contribution in [1.29, 1.82) is 0 Å². The molecule has 1 aromatic carbocycles. The highest BCUT2D eigenvalue weighted by Crippen LogP contribution is 2.18. The summed E-state index contributed by atoms with van der Waals surface area (Å²) in [5, 5.41) is 0. The van der Waals surface area contributed by atoms with Crippen LogP contribution in [0.3, 0.4) is 0 Å². The minimum Gasteiger partial charge on any atom is -0.232 e. The first-order valence-electron chi connectivity index (χ1n) is 5.73. The van der Waals surface area contributed by atoms with E-state index in [1.54, 1.807) is 13.0 Å². The maximum Gasteiger partial charge on any atom is 0.240 e. The Morgan fingerprint density at radius 3 is 2.71 bits per heavy atom. The van der Waals surface area contributed by atoms with Crippen LogP contribution >= 0.6 is 0 Å². The first-order chi connectivity index (χ1) is 8.06. The number of nitrogens with zero attached hydrogens (tertiary/aromatic N) is 2. The Kier molecular flexibility index (Phi) is 3.19. The number of unbranched alkanes of at least 4 members (excludes halogenated alkanes) is 1. The molecule has 0 saturated heterocycles. The second-order valence-corrected chi connectivity index (χ2v) is 6.02. The van der Waals surface area contributed by atoms with Gasteiger partial charge in [-0.2, -0.15) is 0 Å². The lowest BCUT2D eigenvalue weighted by Crippen LogP contribution is -2.17. The first-order valence-corrected chi connectivity index (χ1v) is 7.34. The van der Waals surface area contributed by atoms with Gasteiger partial charge >= 0.3 is 0 Å². The average Bonchev–Trinajstić information content (AvgIpc) is 2.63. The molecule has 0 fully saturated rings. The summed E-state index contributed by atoms with van der Waals surface area (Å²) in [6, 6.07) is 7.31. The van der Waals surface area contributed by atoms with Crippen molar-refractivity contribution in [3.05, 3.63) is 30.1 Å². The molecule has 0 spiro atoms. The van der Waals surface area contributed by atoms with E-state index in [0.717, 1.165) is 11.9 Å². The van der Waals surface area contributed by atoms with Crippen LogP contribution in [-0.2, 0) is 10.0 Å². The van der Waals surface area contributed by atoms with E-state index in [2.05, 4.69) is 4.98 Å². The van der Waals surface area contributed by atoms with Gasteiger partial charge in [0, 0.05) is 0 Å². The van der Waals surface area contributed by atoms with E-state index < -0.39 is 10.0 Å². The SMILES string of the molecule is CCCCS(=O)(=O)n1c(C)nc2ccccc21. The summed E-state index contributed by atoms with van der Waals surface area (Å²) in [6.07, 6.45) is 1.54. The Balaban J connectivity index is 2.58. The molecule has 0 atom stereocenters. The van der Waals surface area contributed by atoms with Crippen LogP contribution in [0.5, 0.6) is 0 Å². The van der Waals surface area contributed by atoms with Crippen LogP contribution in [-0.4, -0.2) is 23.1 Å². The average molecular weight is 252 g/mol. The summed E-state index contributed by atoms with van der Waals surface area (Å²) in [6.45, 7) is 3.71. The summed E-state index contributed by atoms with van der Waals surface area (Å²) >= 11 is 0. The van der Waals surface area contributed by atoms with E-state index in [4.69, 9.17) is 0 Å². The van der Waals surface area contributed by atoms with Crippen molar-refractivity contribution in [2.75, 3.05) is 5.75 Å². The van der Waals surface area contributed by atoms with Crippen molar-refractivity contribution in [2.24, 2.45) is 0 Å². The van der Waals surface area contributed by atoms with E-state index in [9.17, 15) is 8.42 Å². The van der Waals surface area contributed by atoms with Gasteiger partial charge in [0.2, 0.25) is 10.0 Å². The zero-order valence-electron chi connectivity index (χ0n) is 10.0. The largest absolute Gasteiger partial charge is 0.240 e. The highest BCUT2D eigenvalue weighted by molar-refractivity contribution is 7.90. The van der Waals surface area contributed by atoms with Gasteiger partial charge in [-0.25, -0.2) is 17.4 Å². The molecule has 0 unspecified atom stereocenters. The van der Waals surface area contributed by atoms with Crippen LogP contribution in [0.4, 0.5) is 0 Å². The minimum absolute atomic E-state index is 0.171. The molecule has 0 radical (unpaired) electrons. The first kappa shape index (κ1) is 12.1. The fraction of sp³-hybridized carbons (Fsp3) is 0.417. The summed E-state index contributed by atoms with van der Waals surface area (Å²) in [5.41, 5.74) is 1.39. The monoisotopic (exact) mass is 252 g/mol. The van der Waals surface area contributed by atoms with Crippen molar-refractivity contribution in [1.82, 2.24) is 8.96 Å². The maximum absolute atomic E-state index is 12.2. The topological polar surface area (TPSA) is 52.0 Å². The number of hydrogen-bond donors (Lipinski definition) is 0. The number of para-hydroxylation sites is 2. The third-order valence-electron chi connectivity index (χ3n) is 2.71. The maximum atomic E-state index is 12.2. The van der Waals surface area contributed by atoms with Gasteiger partial charge in [0.05, 0.1) is 16.8 Å². The van der Waals surface area contributed by atoms with Crippen molar-refractivity contribution in [2.45, 2.75) is 26.7 Å². The Morgan fingerprint density at radius 1 is 1.29 bits per heavy atom. The third-order valence-corrected chi connectivity index (χ3v) is 4.53. The van der Waals surface area contributed by atoms with Gasteiger partial charge in [-0.15, -0.1) is 0 Å². The third kappa shape index (κ3) is 2.20. The van der Waals surface area contributed by atoms with Crippen molar-refractivity contribution in [3.8, 4) is 0 Å². The number of aryl methyl sites for hydroxylation is 1. The molecular weight excluding hydrogens is 236 g/mol. The molecule has 17 heavy (non-hydrogen) atoms. The molecular formula is C12H16N2O2S. The zero-order chi connectivity index (χ0) is 12.5. The molecule has 0 bridgehead atoms. The minimum atomic E-state index is -3.28. The van der Waals surface area contributed by atoms with Crippen LogP contribution in [0.1, 0.15) is 25.6 Å². The van der Waals surface area contributed by atoms with Crippen molar-refractivity contribution < 1.29 is 8.42 Å². The fourth-order valence-corrected chi connectivity index (χ4v) is 3.63. The predicted molar refractivity (Wildman–Crippen MR) is 68.6 cm³/mol. The summed E-state index contributed by atoms with van der Waals surface area (Å²) < 4.78 is 25.8. The molecule has 1 aromatic heterocycles. The molecule has 0 aliphatic rings. The van der Waals surface area contributed by atoms with Crippen molar-refractivity contribution in [3.63, 3.8) is 0 Å². The Morgan fingerprint density at radius 2 is 2.00 bits per heavy atom. The fourth-order valence-electron chi connectivity index (χ4n) is 1.89. The van der Waals surface area contributed by atoms with Gasteiger partial charge in [0.15, 0.2) is 0 Å². The van der Waals surface area contributed by atoms with Gasteiger partial charge in [-0.3, -0.25) is 0 Å². The summed E-state index contributed by atoms with van der Waals surface area (Å²) in [5.74, 6) is 0.701. The highest BCUT2D eigenvalue weighted by atomic mass is 32.2. The highest BCUT2D eigenvalue weighted by Gasteiger charge is 2.18. The molecule has 0 aliphatic heterocycles. The summed E-state index contributed by atoms with van der Waals surface area (Å²) in [7, 11) is -3.28. The lowest BCUT2D eigenvalue weighted by molar-refractivity contribution is 0.584. The normalized spacial score (nSPS) is 12.1. The Labute approximate surface area is 101 Å². The van der Waals surface area contributed by atoms with Gasteiger partial charge in [0.25, 0.3) is 0 Å². The lowest BCUT2D eigenvalue weighted by Gasteiger charge is -2.07. The van der Waals surface area contributed by atoms with Crippen LogP contribution in [0, 0.1) is 6.92 Å². The number of rotatable bonds is 4. The number of benzene rings is 1. The van der Waals surface area contributed by atoms with Crippen LogP contribution in [0.15, 0.2) is 24.3 Å². The second-order valence-electron chi connectivity index (χ2n) is 4.08. The van der Waals surface area contributed by atoms with E-state index in [0.29, 0.717) is 17.8 Å². The van der Waals surface area contributed by atoms with Crippen LogP contribution in [0.2, 0.25) is 0 Å². The number of hydrogen-bond acceptors (Lipinski definition) is 3. The smallest absolute Gasteiger partial charge is 0.232 e. The number of aromatic nitrogens is 2. The molecule has 0 saturated carbocycles. The van der Waals surface area contributed by atoms with E-state index in [1.165, 1.54) is 3.97 Å². The predicted octanol–water partition coefficient (Wildman–Crippen LogP) is 2.32. The van der Waals surface area contributed by atoms with E-state index in [-0.39, 0.29) is 5.75 Å². The van der Waals surface area contributed by atoms with Gasteiger partial charge < -0.3 is 0 Å². The lowest BCUT2D eigenvalue weighted by atomic mass is 10.3. The molecule has 1 heterocycles. The van der Waals surface area contributed by atoms with Gasteiger partial charge in [-0.05, 0) is 25.5 Å². The molecule has 0 aliphatic carbocycles. The molecule has 4 nitrogen and oxygen atoms in total. The van der Waals surface area contributed by atoms with Crippen molar-refractivity contribution >= 4 is 21.1 Å². The van der Waals surface area contributed by atoms with Gasteiger partial charge in [0.1, 0.15) is 5.82 Å². The number of fused-ring (bicyclic) bond motifs is 1. The quantitative estimate of drug-likeness (QED) is 0.839. The molecule has 5 heteroatoms. The molecule has 0 N–H and O–H groups in total. The molecule has 92 valence electrons. The summed E-state index contributed by atoms with van der Waals surface area (Å²) in [4.78, 5) is 4.27. The zero-order valence-corrected chi connectivity index (χ0v) is 10.9. The molecule has 2 aromatic rings. The Hall–Kier alpha value is -1.36. The standard InChI is InChI=1S/C12H16N2O2S/c1-3-4-9-17(15,16)14-10(2)13-11-7-5-6-8-12(11)14/h5-8H,3-4,9H2,1-2H3. The van der Waals surface area contributed by atoms with Gasteiger partial charge in [-0.1, -0.05) is 25.5 Å². The van der Waals surface area contributed by atoms with E-state index >= 15 is 0 Å². The molecule has 2 rings (SSSR count). The second kappa shape index (κ2) is 4.49. The number of imidazole rings is 1. The Bertz CT molecular complexity index is 629.